The quantitative estimate of drug-likeness (QED) is 0.793. The molecule has 6 heteroatoms. The van der Waals surface area contributed by atoms with Crippen LogP contribution >= 0.6 is 0 Å². The summed E-state index contributed by atoms with van der Waals surface area (Å²) in [7, 11) is 1.69. The molecule has 2 aromatic rings. The monoisotopic (exact) mass is 286 g/mol. The van der Waals surface area contributed by atoms with Gasteiger partial charge in [0.25, 0.3) is 0 Å². The lowest BCUT2D eigenvalue weighted by molar-refractivity contribution is -0.131. The molecule has 110 valence electrons. The first-order valence-electron chi connectivity index (χ1n) is 7.01. The lowest BCUT2D eigenvalue weighted by Gasteiger charge is -2.26. The van der Waals surface area contributed by atoms with Gasteiger partial charge in [-0.05, 0) is 24.1 Å². The second-order valence-electron chi connectivity index (χ2n) is 5.12. The normalized spacial score (nSPS) is 15.3. The highest BCUT2D eigenvalue weighted by Crippen LogP contribution is 2.13. The Hall–Kier alpha value is -2.21. The van der Waals surface area contributed by atoms with Crippen LogP contribution in [0.2, 0.25) is 0 Å². The zero-order valence-electron chi connectivity index (χ0n) is 12.0. The van der Waals surface area contributed by atoms with Gasteiger partial charge in [-0.25, -0.2) is 4.68 Å². The minimum Gasteiger partial charge on any atom is -0.380 e. The summed E-state index contributed by atoms with van der Waals surface area (Å²) in [5.41, 5.74) is 2.96. The summed E-state index contributed by atoms with van der Waals surface area (Å²) in [5, 5.41) is 8.13. The summed E-state index contributed by atoms with van der Waals surface area (Å²) in [6, 6.07) is 7.66. The molecule has 0 spiro atoms. The second kappa shape index (κ2) is 6.05. The Labute approximate surface area is 123 Å². The molecule has 3 rings (SSSR count). The maximum absolute atomic E-state index is 12.4. The largest absolute Gasteiger partial charge is 0.380 e. The van der Waals surface area contributed by atoms with Crippen LogP contribution in [0.1, 0.15) is 6.42 Å². The Balaban J connectivity index is 1.67. The standard InChI is InChI=1S/C15H18N4O2/c1-21-11-12-6-8-18(9-7-12)15(20)10-19-14-5-3-2-4-13(14)16-17-19/h2-6H,7-11H2,1H3. The van der Waals surface area contributed by atoms with Crippen molar-refractivity contribution < 1.29 is 9.53 Å². The molecule has 1 aliphatic rings. The molecule has 1 aliphatic heterocycles. The van der Waals surface area contributed by atoms with Gasteiger partial charge in [0, 0.05) is 20.2 Å². The van der Waals surface area contributed by atoms with Crippen LogP contribution in [0, 0.1) is 0 Å². The maximum atomic E-state index is 12.4. The maximum Gasteiger partial charge on any atom is 0.244 e. The van der Waals surface area contributed by atoms with Crippen molar-refractivity contribution in [3.8, 4) is 0 Å². The van der Waals surface area contributed by atoms with Crippen LogP contribution in [0.3, 0.4) is 0 Å². The lowest BCUT2D eigenvalue weighted by atomic mass is 10.1. The van der Waals surface area contributed by atoms with Crippen LogP contribution in [0.5, 0.6) is 0 Å². The van der Waals surface area contributed by atoms with Crippen molar-refractivity contribution in [2.75, 3.05) is 26.8 Å². The molecule has 0 aliphatic carbocycles. The lowest BCUT2D eigenvalue weighted by Crippen LogP contribution is -2.37. The van der Waals surface area contributed by atoms with Gasteiger partial charge in [-0.2, -0.15) is 0 Å². The average Bonchev–Trinajstić information content (AvgIpc) is 2.92. The summed E-state index contributed by atoms with van der Waals surface area (Å²) in [6.07, 6.45) is 2.95. The number of methoxy groups -OCH3 is 1. The Bertz CT molecular complexity index is 677. The van der Waals surface area contributed by atoms with Crippen molar-refractivity contribution in [3.05, 3.63) is 35.9 Å². The summed E-state index contributed by atoms with van der Waals surface area (Å²) < 4.78 is 6.78. The molecule has 0 saturated heterocycles. The molecule has 1 aromatic heterocycles. The van der Waals surface area contributed by atoms with Gasteiger partial charge in [-0.15, -0.1) is 5.10 Å². The summed E-state index contributed by atoms with van der Waals surface area (Å²) in [6.45, 7) is 2.26. The van der Waals surface area contributed by atoms with E-state index in [1.165, 1.54) is 5.57 Å². The number of benzene rings is 1. The van der Waals surface area contributed by atoms with Crippen molar-refractivity contribution in [2.24, 2.45) is 0 Å². The van der Waals surface area contributed by atoms with Crippen molar-refractivity contribution in [1.29, 1.82) is 0 Å². The third-order valence-corrected chi connectivity index (χ3v) is 3.69. The van der Waals surface area contributed by atoms with Crippen LogP contribution < -0.4 is 0 Å². The Morgan fingerprint density at radius 3 is 3.00 bits per heavy atom. The molecule has 0 saturated carbocycles. The zero-order valence-corrected chi connectivity index (χ0v) is 12.0. The highest BCUT2D eigenvalue weighted by Gasteiger charge is 2.18. The molecule has 0 fully saturated rings. The molecule has 6 nitrogen and oxygen atoms in total. The molecule has 2 heterocycles. The molecule has 1 amide bonds. The highest BCUT2D eigenvalue weighted by molar-refractivity contribution is 5.80. The summed E-state index contributed by atoms with van der Waals surface area (Å²) >= 11 is 0. The predicted octanol–water partition coefficient (Wildman–Crippen LogP) is 1.24. The number of hydrogen-bond donors (Lipinski definition) is 0. The van der Waals surface area contributed by atoms with Crippen molar-refractivity contribution >= 4 is 16.9 Å². The SMILES string of the molecule is COCC1=CCN(C(=O)Cn2nnc3ccccc32)CC1. The van der Waals surface area contributed by atoms with E-state index in [1.807, 2.05) is 29.2 Å². The molecule has 0 radical (unpaired) electrons. The Morgan fingerprint density at radius 2 is 2.24 bits per heavy atom. The van der Waals surface area contributed by atoms with E-state index in [1.54, 1.807) is 11.8 Å². The minimum absolute atomic E-state index is 0.0679. The number of nitrogens with zero attached hydrogens (tertiary/aromatic N) is 4. The van der Waals surface area contributed by atoms with Crippen LogP contribution in [0.15, 0.2) is 35.9 Å². The summed E-state index contributed by atoms with van der Waals surface area (Å²) in [5.74, 6) is 0.0679. The second-order valence-corrected chi connectivity index (χ2v) is 5.12. The highest BCUT2D eigenvalue weighted by atomic mass is 16.5. The molecule has 0 bridgehead atoms. The van der Waals surface area contributed by atoms with Gasteiger partial charge in [0.15, 0.2) is 0 Å². The first-order chi connectivity index (χ1) is 10.3. The first kappa shape index (κ1) is 13.8. The van der Waals surface area contributed by atoms with E-state index in [0.717, 1.165) is 24.0 Å². The van der Waals surface area contributed by atoms with Gasteiger partial charge in [0.05, 0.1) is 12.1 Å². The van der Waals surface area contributed by atoms with E-state index in [-0.39, 0.29) is 12.5 Å². The average molecular weight is 286 g/mol. The number of ether oxygens (including phenoxy) is 1. The van der Waals surface area contributed by atoms with Gasteiger partial charge in [0.1, 0.15) is 12.1 Å². The van der Waals surface area contributed by atoms with Crippen LogP contribution in [-0.4, -0.2) is 52.6 Å². The number of para-hydroxylation sites is 1. The van der Waals surface area contributed by atoms with Crippen LogP contribution in [0.4, 0.5) is 0 Å². The fourth-order valence-corrected chi connectivity index (χ4v) is 2.52. The van der Waals surface area contributed by atoms with Gasteiger partial charge in [-0.1, -0.05) is 23.4 Å². The molecular formula is C15H18N4O2. The number of hydrogen-bond acceptors (Lipinski definition) is 4. The van der Waals surface area contributed by atoms with E-state index in [0.29, 0.717) is 13.2 Å². The fourth-order valence-electron chi connectivity index (χ4n) is 2.52. The number of aromatic nitrogens is 3. The van der Waals surface area contributed by atoms with Crippen LogP contribution in [0.25, 0.3) is 11.0 Å². The van der Waals surface area contributed by atoms with E-state index in [2.05, 4.69) is 16.4 Å². The van der Waals surface area contributed by atoms with Gasteiger partial charge in [-0.3, -0.25) is 4.79 Å². The molecule has 0 unspecified atom stereocenters. The number of amides is 1. The zero-order chi connectivity index (χ0) is 14.7. The smallest absolute Gasteiger partial charge is 0.244 e. The Morgan fingerprint density at radius 1 is 1.38 bits per heavy atom. The van der Waals surface area contributed by atoms with Crippen molar-refractivity contribution in [1.82, 2.24) is 19.9 Å². The topological polar surface area (TPSA) is 60.2 Å². The third-order valence-electron chi connectivity index (χ3n) is 3.69. The predicted molar refractivity (Wildman–Crippen MR) is 78.7 cm³/mol. The molecule has 0 N–H and O–H groups in total. The minimum atomic E-state index is 0.0679. The number of carbonyl (C=O) groups excluding carboxylic acids is 1. The van der Waals surface area contributed by atoms with E-state index in [9.17, 15) is 4.79 Å². The van der Waals surface area contributed by atoms with Gasteiger partial charge < -0.3 is 9.64 Å². The molecule has 21 heavy (non-hydrogen) atoms. The van der Waals surface area contributed by atoms with Crippen molar-refractivity contribution in [2.45, 2.75) is 13.0 Å². The molecular weight excluding hydrogens is 268 g/mol. The van der Waals surface area contributed by atoms with Gasteiger partial charge in [0.2, 0.25) is 5.91 Å². The Kier molecular flexibility index (Phi) is 3.96. The first-order valence-corrected chi connectivity index (χ1v) is 7.01. The van der Waals surface area contributed by atoms with Gasteiger partial charge >= 0.3 is 0 Å². The number of rotatable bonds is 4. The molecule has 1 aromatic carbocycles. The van der Waals surface area contributed by atoms with E-state index in [4.69, 9.17) is 4.74 Å². The summed E-state index contributed by atoms with van der Waals surface area (Å²) in [4.78, 5) is 14.2. The molecule has 0 atom stereocenters. The van der Waals surface area contributed by atoms with Crippen LogP contribution in [-0.2, 0) is 16.1 Å². The van der Waals surface area contributed by atoms with E-state index < -0.39 is 0 Å². The van der Waals surface area contributed by atoms with Crippen molar-refractivity contribution in [3.63, 3.8) is 0 Å². The van der Waals surface area contributed by atoms with E-state index >= 15 is 0 Å². The fraction of sp³-hybridized carbons (Fsp3) is 0.400. The third kappa shape index (κ3) is 2.95. The number of carbonyl (C=O) groups is 1. The number of fused-ring (bicyclic) bond motifs is 1.